The number of halogens is 1. The molecular formula is C20H16ClN3. The predicted molar refractivity (Wildman–Crippen MR) is 98.8 cm³/mol. The highest BCUT2D eigenvalue weighted by Gasteiger charge is 2.14. The Labute approximate surface area is 145 Å². The van der Waals surface area contributed by atoms with Crippen LogP contribution < -0.4 is 0 Å². The van der Waals surface area contributed by atoms with Crippen molar-refractivity contribution in [1.29, 1.82) is 0 Å². The highest BCUT2D eigenvalue weighted by atomic mass is 35.5. The SMILES string of the molecule is Cc1ccc(-n2nc(C)c3c(-c4ccc(Cl)cc4)ccnc32)cc1. The van der Waals surface area contributed by atoms with E-state index >= 15 is 0 Å². The van der Waals surface area contributed by atoms with Crippen molar-refractivity contribution in [2.75, 3.05) is 0 Å². The molecule has 0 saturated carbocycles. The summed E-state index contributed by atoms with van der Waals surface area (Å²) in [5.74, 6) is 0. The van der Waals surface area contributed by atoms with Gasteiger partial charge in [-0.25, -0.2) is 9.67 Å². The van der Waals surface area contributed by atoms with Crippen LogP contribution in [0.15, 0.2) is 60.8 Å². The maximum absolute atomic E-state index is 6.02. The van der Waals surface area contributed by atoms with Gasteiger partial charge < -0.3 is 0 Å². The van der Waals surface area contributed by atoms with E-state index in [0.717, 1.165) is 38.6 Å². The monoisotopic (exact) mass is 333 g/mol. The molecule has 2 heterocycles. The van der Waals surface area contributed by atoms with Gasteiger partial charge in [0.15, 0.2) is 5.65 Å². The molecule has 0 aliphatic rings. The zero-order chi connectivity index (χ0) is 16.7. The third kappa shape index (κ3) is 2.47. The maximum atomic E-state index is 6.02. The highest BCUT2D eigenvalue weighted by molar-refractivity contribution is 6.30. The zero-order valence-electron chi connectivity index (χ0n) is 13.5. The summed E-state index contributed by atoms with van der Waals surface area (Å²) in [5.41, 5.74) is 6.29. The van der Waals surface area contributed by atoms with Gasteiger partial charge in [0.25, 0.3) is 0 Å². The average molecular weight is 334 g/mol. The molecule has 0 saturated heterocycles. The van der Waals surface area contributed by atoms with E-state index in [1.54, 1.807) is 0 Å². The number of pyridine rings is 1. The lowest BCUT2D eigenvalue weighted by Gasteiger charge is -2.06. The van der Waals surface area contributed by atoms with Crippen LogP contribution in [-0.2, 0) is 0 Å². The van der Waals surface area contributed by atoms with Gasteiger partial charge in [0.2, 0.25) is 0 Å². The van der Waals surface area contributed by atoms with Crippen LogP contribution in [0.5, 0.6) is 0 Å². The number of aromatic nitrogens is 3. The van der Waals surface area contributed by atoms with Crippen LogP contribution in [0, 0.1) is 13.8 Å². The van der Waals surface area contributed by atoms with Crippen molar-refractivity contribution in [3.63, 3.8) is 0 Å². The third-order valence-corrected chi connectivity index (χ3v) is 4.43. The van der Waals surface area contributed by atoms with E-state index in [9.17, 15) is 0 Å². The van der Waals surface area contributed by atoms with Gasteiger partial charge in [-0.3, -0.25) is 0 Å². The molecule has 0 N–H and O–H groups in total. The first-order valence-electron chi connectivity index (χ1n) is 7.81. The molecule has 0 unspecified atom stereocenters. The number of aryl methyl sites for hydroxylation is 2. The Bertz CT molecular complexity index is 1020. The third-order valence-electron chi connectivity index (χ3n) is 4.18. The van der Waals surface area contributed by atoms with Crippen molar-refractivity contribution in [3.8, 4) is 16.8 Å². The molecule has 2 aromatic carbocycles. The minimum atomic E-state index is 0.733. The molecule has 0 bridgehead atoms. The van der Waals surface area contributed by atoms with E-state index < -0.39 is 0 Å². The lowest BCUT2D eigenvalue weighted by atomic mass is 10.0. The summed E-state index contributed by atoms with van der Waals surface area (Å²) in [7, 11) is 0. The van der Waals surface area contributed by atoms with Crippen LogP contribution in [0.3, 0.4) is 0 Å². The molecule has 4 rings (SSSR count). The Kier molecular flexibility index (Phi) is 3.58. The first-order valence-corrected chi connectivity index (χ1v) is 8.18. The fraction of sp³-hybridized carbons (Fsp3) is 0.100. The molecule has 0 atom stereocenters. The van der Waals surface area contributed by atoms with Gasteiger partial charge in [0.1, 0.15) is 0 Å². The van der Waals surface area contributed by atoms with E-state index in [1.165, 1.54) is 5.56 Å². The van der Waals surface area contributed by atoms with Gasteiger partial charge in [0, 0.05) is 11.2 Å². The van der Waals surface area contributed by atoms with E-state index in [0.29, 0.717) is 0 Å². The average Bonchev–Trinajstić information content (AvgIpc) is 2.94. The number of hydrogen-bond acceptors (Lipinski definition) is 2. The second-order valence-corrected chi connectivity index (χ2v) is 6.33. The summed E-state index contributed by atoms with van der Waals surface area (Å²) in [6.07, 6.45) is 1.83. The van der Waals surface area contributed by atoms with Crippen LogP contribution in [0.1, 0.15) is 11.3 Å². The summed E-state index contributed by atoms with van der Waals surface area (Å²) in [5, 5.41) is 6.52. The first-order chi connectivity index (χ1) is 11.6. The molecular weight excluding hydrogens is 318 g/mol. The van der Waals surface area contributed by atoms with Gasteiger partial charge >= 0.3 is 0 Å². The zero-order valence-corrected chi connectivity index (χ0v) is 14.2. The van der Waals surface area contributed by atoms with Crippen LogP contribution in [-0.4, -0.2) is 14.8 Å². The smallest absolute Gasteiger partial charge is 0.163 e. The quantitative estimate of drug-likeness (QED) is 0.494. The van der Waals surface area contributed by atoms with Crippen LogP contribution >= 0.6 is 11.6 Å². The molecule has 24 heavy (non-hydrogen) atoms. The van der Waals surface area contributed by atoms with Crippen LogP contribution in [0.4, 0.5) is 0 Å². The van der Waals surface area contributed by atoms with Crippen molar-refractivity contribution >= 4 is 22.6 Å². The molecule has 0 amide bonds. The van der Waals surface area contributed by atoms with Crippen molar-refractivity contribution in [2.24, 2.45) is 0 Å². The number of nitrogens with zero attached hydrogens (tertiary/aromatic N) is 3. The molecule has 118 valence electrons. The summed E-state index contributed by atoms with van der Waals surface area (Å²) < 4.78 is 1.91. The first kappa shape index (κ1) is 14.9. The van der Waals surface area contributed by atoms with E-state index in [-0.39, 0.29) is 0 Å². The molecule has 4 aromatic rings. The fourth-order valence-electron chi connectivity index (χ4n) is 2.95. The summed E-state index contributed by atoms with van der Waals surface area (Å²) >= 11 is 6.02. The largest absolute Gasteiger partial charge is 0.236 e. The molecule has 2 aromatic heterocycles. The summed E-state index contributed by atoms with van der Waals surface area (Å²) in [4.78, 5) is 4.58. The van der Waals surface area contributed by atoms with Crippen molar-refractivity contribution in [2.45, 2.75) is 13.8 Å². The van der Waals surface area contributed by atoms with Crippen molar-refractivity contribution in [3.05, 3.63) is 77.1 Å². The number of fused-ring (bicyclic) bond motifs is 1. The fourth-order valence-corrected chi connectivity index (χ4v) is 3.08. The lowest BCUT2D eigenvalue weighted by Crippen LogP contribution is -1.97. The Morgan fingerprint density at radius 2 is 1.58 bits per heavy atom. The molecule has 3 nitrogen and oxygen atoms in total. The molecule has 0 fully saturated rings. The standard InChI is InChI=1S/C20H16ClN3/c1-13-3-9-17(10-4-13)24-20-19(14(2)23-24)18(11-12-22-20)15-5-7-16(21)8-6-15/h3-12H,1-2H3. The van der Waals surface area contributed by atoms with Gasteiger partial charge in [0.05, 0.1) is 16.8 Å². The Hall–Kier alpha value is -2.65. The Morgan fingerprint density at radius 3 is 2.29 bits per heavy atom. The predicted octanol–water partition coefficient (Wildman–Crippen LogP) is 5.36. The molecule has 0 aliphatic heterocycles. The normalized spacial score (nSPS) is 11.1. The lowest BCUT2D eigenvalue weighted by molar-refractivity contribution is 0.877. The maximum Gasteiger partial charge on any atom is 0.163 e. The molecule has 4 heteroatoms. The van der Waals surface area contributed by atoms with Gasteiger partial charge in [-0.2, -0.15) is 5.10 Å². The second-order valence-electron chi connectivity index (χ2n) is 5.90. The minimum absolute atomic E-state index is 0.733. The topological polar surface area (TPSA) is 30.7 Å². The van der Waals surface area contributed by atoms with Gasteiger partial charge in [-0.15, -0.1) is 0 Å². The number of hydrogen-bond donors (Lipinski definition) is 0. The van der Waals surface area contributed by atoms with Crippen LogP contribution in [0.2, 0.25) is 5.02 Å². The van der Waals surface area contributed by atoms with E-state index in [2.05, 4.69) is 36.2 Å². The highest BCUT2D eigenvalue weighted by Crippen LogP contribution is 2.31. The van der Waals surface area contributed by atoms with Gasteiger partial charge in [-0.05, 0) is 55.3 Å². The Morgan fingerprint density at radius 1 is 0.875 bits per heavy atom. The van der Waals surface area contributed by atoms with Gasteiger partial charge in [-0.1, -0.05) is 41.4 Å². The second kappa shape index (κ2) is 5.77. The summed E-state index contributed by atoms with van der Waals surface area (Å²) in [6.45, 7) is 4.10. The van der Waals surface area contributed by atoms with E-state index in [4.69, 9.17) is 16.7 Å². The Balaban J connectivity index is 1.95. The molecule has 0 radical (unpaired) electrons. The van der Waals surface area contributed by atoms with Crippen molar-refractivity contribution in [1.82, 2.24) is 14.8 Å². The van der Waals surface area contributed by atoms with Crippen molar-refractivity contribution < 1.29 is 0 Å². The summed E-state index contributed by atoms with van der Waals surface area (Å²) in [6, 6.07) is 18.2. The minimum Gasteiger partial charge on any atom is -0.236 e. The number of benzene rings is 2. The van der Waals surface area contributed by atoms with E-state index in [1.807, 2.05) is 48.1 Å². The number of rotatable bonds is 2. The molecule has 0 spiro atoms. The van der Waals surface area contributed by atoms with Crippen LogP contribution in [0.25, 0.3) is 27.8 Å². The molecule has 0 aliphatic carbocycles.